The van der Waals surface area contributed by atoms with Gasteiger partial charge in [0.2, 0.25) is 0 Å². The van der Waals surface area contributed by atoms with Crippen molar-refractivity contribution in [1.29, 1.82) is 0 Å². The predicted molar refractivity (Wildman–Crippen MR) is 62.9 cm³/mol. The van der Waals surface area contributed by atoms with Gasteiger partial charge in [0.05, 0.1) is 17.0 Å². The Morgan fingerprint density at radius 3 is 2.67 bits per heavy atom. The Balaban J connectivity index is 2.89. The Morgan fingerprint density at radius 1 is 1.44 bits per heavy atom. The Kier molecular flexibility index (Phi) is 4.89. The summed E-state index contributed by atoms with van der Waals surface area (Å²) in [5.74, 6) is 0.445. The minimum atomic E-state index is -4.80. The van der Waals surface area contributed by atoms with Gasteiger partial charge in [0.15, 0.2) is 0 Å². The fourth-order valence-corrected chi connectivity index (χ4v) is 2.25. The number of halogens is 3. The van der Waals surface area contributed by atoms with E-state index in [4.69, 9.17) is 0 Å². The second kappa shape index (κ2) is 5.99. The fraction of sp³-hybridized carbons (Fsp3) is 0.364. The van der Waals surface area contributed by atoms with Crippen molar-refractivity contribution in [2.75, 3.05) is 5.75 Å². The van der Waals surface area contributed by atoms with E-state index in [1.54, 1.807) is 26.0 Å². The van der Waals surface area contributed by atoms with Gasteiger partial charge in [0.1, 0.15) is 0 Å². The van der Waals surface area contributed by atoms with Gasteiger partial charge < -0.3 is 0 Å². The van der Waals surface area contributed by atoms with Crippen molar-refractivity contribution in [3.63, 3.8) is 0 Å². The minimum absolute atomic E-state index is 0.404. The lowest BCUT2D eigenvalue weighted by Gasteiger charge is -2.05. The lowest BCUT2D eigenvalue weighted by molar-refractivity contribution is -0.325. The molecule has 0 bridgehead atoms. The third-order valence-electron chi connectivity index (χ3n) is 2.08. The molecule has 0 aromatic heterocycles. The molecule has 1 rings (SSSR count). The van der Waals surface area contributed by atoms with Gasteiger partial charge in [-0.3, -0.25) is 9.05 Å². The summed E-state index contributed by atoms with van der Waals surface area (Å²) in [5, 5.41) is 2.82. The summed E-state index contributed by atoms with van der Waals surface area (Å²) in [6.45, 7) is 3.55. The van der Waals surface area contributed by atoms with Gasteiger partial charge in [0, 0.05) is 10.6 Å². The number of oxime groups is 1. The standard InChI is InChI=1S/C11H12F3NO2S/c1-3-18(16)10-6-9(5-4-8(10)2)7-15-17-11(12,13)14/h4-7H,3H2,1-2H3/b15-7+. The summed E-state index contributed by atoms with van der Waals surface area (Å²) in [4.78, 5) is 3.87. The van der Waals surface area contributed by atoms with Crippen LogP contribution in [0.3, 0.4) is 0 Å². The lowest BCUT2D eigenvalue weighted by atomic mass is 10.2. The minimum Gasteiger partial charge on any atom is -0.294 e. The molecule has 0 aliphatic rings. The summed E-state index contributed by atoms with van der Waals surface area (Å²) < 4.78 is 46.8. The van der Waals surface area contributed by atoms with E-state index in [1.807, 2.05) is 0 Å². The molecule has 1 aromatic carbocycles. The number of aryl methyl sites for hydroxylation is 1. The summed E-state index contributed by atoms with van der Waals surface area (Å²) in [6.07, 6.45) is -3.86. The van der Waals surface area contributed by atoms with E-state index in [-0.39, 0.29) is 0 Å². The van der Waals surface area contributed by atoms with Crippen LogP contribution in [0, 0.1) is 6.92 Å². The molecule has 1 atom stereocenters. The smallest absolute Gasteiger partial charge is 0.294 e. The fourth-order valence-electron chi connectivity index (χ4n) is 1.24. The van der Waals surface area contributed by atoms with Gasteiger partial charge in [-0.15, -0.1) is 13.2 Å². The highest BCUT2D eigenvalue weighted by Crippen LogP contribution is 2.17. The van der Waals surface area contributed by atoms with E-state index in [9.17, 15) is 17.4 Å². The molecule has 1 unspecified atom stereocenters. The van der Waals surface area contributed by atoms with Crippen molar-refractivity contribution in [2.24, 2.45) is 5.16 Å². The van der Waals surface area contributed by atoms with Gasteiger partial charge in [-0.05, 0) is 24.1 Å². The van der Waals surface area contributed by atoms with Crippen LogP contribution in [-0.2, 0) is 15.6 Å². The highest BCUT2D eigenvalue weighted by atomic mass is 32.2. The first-order valence-corrected chi connectivity index (χ1v) is 6.42. The summed E-state index contributed by atoms with van der Waals surface area (Å²) in [6, 6.07) is 4.80. The van der Waals surface area contributed by atoms with Crippen LogP contribution in [0.2, 0.25) is 0 Å². The van der Waals surface area contributed by atoms with Crippen LogP contribution < -0.4 is 0 Å². The number of alkyl halides is 3. The molecule has 0 amide bonds. The largest absolute Gasteiger partial charge is 0.593 e. The molecule has 0 N–H and O–H groups in total. The second-order valence-corrected chi connectivity index (χ2v) is 5.14. The average Bonchev–Trinajstić information content (AvgIpc) is 2.28. The van der Waals surface area contributed by atoms with E-state index in [0.717, 1.165) is 11.8 Å². The van der Waals surface area contributed by atoms with Crippen LogP contribution in [0.1, 0.15) is 18.1 Å². The molecule has 0 radical (unpaired) electrons. The van der Waals surface area contributed by atoms with Crippen molar-refractivity contribution >= 4 is 17.0 Å². The molecule has 18 heavy (non-hydrogen) atoms. The summed E-state index contributed by atoms with van der Waals surface area (Å²) in [5.41, 5.74) is 1.23. The monoisotopic (exact) mass is 279 g/mol. The maximum atomic E-state index is 11.7. The van der Waals surface area contributed by atoms with Crippen LogP contribution in [0.15, 0.2) is 28.3 Å². The average molecular weight is 279 g/mol. The maximum absolute atomic E-state index is 11.7. The summed E-state index contributed by atoms with van der Waals surface area (Å²) >= 11 is 0. The zero-order chi connectivity index (χ0) is 13.8. The summed E-state index contributed by atoms with van der Waals surface area (Å²) in [7, 11) is -1.16. The van der Waals surface area contributed by atoms with Gasteiger partial charge in [-0.25, -0.2) is 0 Å². The van der Waals surface area contributed by atoms with E-state index in [0.29, 0.717) is 16.2 Å². The number of rotatable bonds is 4. The molecular formula is C11H12F3NO2S. The van der Waals surface area contributed by atoms with Crippen LogP contribution in [0.25, 0.3) is 0 Å². The maximum Gasteiger partial charge on any atom is 0.593 e. The highest BCUT2D eigenvalue weighted by Gasteiger charge is 2.30. The molecular weight excluding hydrogens is 267 g/mol. The van der Waals surface area contributed by atoms with Crippen molar-refractivity contribution in [3.8, 4) is 0 Å². The highest BCUT2D eigenvalue weighted by molar-refractivity contribution is 7.85. The molecule has 3 nitrogen and oxygen atoms in total. The first-order valence-electron chi connectivity index (χ1n) is 5.11. The molecule has 100 valence electrons. The van der Waals surface area contributed by atoms with Crippen LogP contribution >= 0.6 is 0 Å². The van der Waals surface area contributed by atoms with Crippen molar-refractivity contribution in [1.82, 2.24) is 0 Å². The van der Waals surface area contributed by atoms with E-state index in [1.165, 1.54) is 6.07 Å². The van der Waals surface area contributed by atoms with E-state index < -0.39 is 17.2 Å². The van der Waals surface area contributed by atoms with Gasteiger partial charge in [-0.1, -0.05) is 24.2 Å². The first kappa shape index (κ1) is 14.7. The Hall–Kier alpha value is -1.37. The molecule has 0 fully saturated rings. The van der Waals surface area contributed by atoms with E-state index >= 15 is 0 Å². The third kappa shape index (κ3) is 4.48. The van der Waals surface area contributed by atoms with Gasteiger partial charge in [0.25, 0.3) is 0 Å². The number of hydrogen-bond donors (Lipinski definition) is 0. The normalized spacial score (nSPS) is 13.8. The van der Waals surface area contributed by atoms with Crippen LogP contribution in [0.4, 0.5) is 13.2 Å². The molecule has 0 saturated heterocycles. The zero-order valence-electron chi connectivity index (χ0n) is 9.82. The molecule has 0 saturated carbocycles. The quantitative estimate of drug-likeness (QED) is 0.627. The Bertz CT molecular complexity index is 472. The lowest BCUT2D eigenvalue weighted by Crippen LogP contribution is -2.08. The molecule has 1 aromatic rings. The van der Waals surface area contributed by atoms with E-state index in [2.05, 4.69) is 9.99 Å². The number of hydrogen-bond acceptors (Lipinski definition) is 3. The van der Waals surface area contributed by atoms with Crippen molar-refractivity contribution < 1.29 is 22.2 Å². The molecule has 0 aliphatic heterocycles. The van der Waals surface area contributed by atoms with Crippen molar-refractivity contribution in [3.05, 3.63) is 29.3 Å². The second-order valence-electron chi connectivity index (χ2n) is 3.43. The number of benzene rings is 1. The zero-order valence-corrected chi connectivity index (χ0v) is 10.6. The van der Waals surface area contributed by atoms with Gasteiger partial charge >= 0.3 is 6.36 Å². The topological polar surface area (TPSA) is 38.7 Å². The first-order chi connectivity index (χ1) is 8.33. The van der Waals surface area contributed by atoms with Crippen LogP contribution in [0.5, 0.6) is 0 Å². The Labute approximate surface area is 105 Å². The number of nitrogens with zero attached hydrogens (tertiary/aromatic N) is 1. The molecule has 0 aliphatic carbocycles. The molecule has 0 heterocycles. The third-order valence-corrected chi connectivity index (χ3v) is 3.53. The molecule has 0 spiro atoms. The SMILES string of the molecule is CCS(=O)c1cc(/C=N/OC(F)(F)F)ccc1C. The molecule has 7 heteroatoms. The van der Waals surface area contributed by atoms with Gasteiger partial charge in [-0.2, -0.15) is 0 Å². The van der Waals surface area contributed by atoms with Crippen LogP contribution in [-0.4, -0.2) is 22.5 Å². The Morgan fingerprint density at radius 2 is 2.11 bits per heavy atom. The predicted octanol–water partition coefficient (Wildman–Crippen LogP) is 2.99. The van der Waals surface area contributed by atoms with Crippen molar-refractivity contribution in [2.45, 2.75) is 25.1 Å².